The molecular formula is C18H22N4O4S2. The number of imidazole rings is 1. The Morgan fingerprint density at radius 3 is 2.82 bits per heavy atom. The number of furan rings is 1. The fraction of sp³-hybridized carbons (Fsp3) is 0.333. The molecule has 0 fully saturated rings. The van der Waals surface area contributed by atoms with Gasteiger partial charge in [0.1, 0.15) is 5.76 Å². The molecule has 2 heterocycles. The fourth-order valence-corrected chi connectivity index (χ4v) is 4.25. The van der Waals surface area contributed by atoms with Crippen LogP contribution in [0, 0.1) is 0 Å². The number of sulfonamides is 1. The van der Waals surface area contributed by atoms with E-state index in [9.17, 15) is 13.2 Å². The third-order valence-electron chi connectivity index (χ3n) is 4.13. The zero-order chi connectivity index (χ0) is 20.3. The number of nitrogens with zero attached hydrogens (tertiary/aromatic N) is 2. The van der Waals surface area contributed by atoms with Crippen molar-refractivity contribution < 1.29 is 17.6 Å². The topological polar surface area (TPSA) is 120 Å². The molecule has 1 atom stereocenters. The summed E-state index contributed by atoms with van der Waals surface area (Å²) in [5.41, 5.74) is 1.34. The second kappa shape index (κ2) is 8.38. The van der Waals surface area contributed by atoms with Crippen molar-refractivity contribution >= 4 is 38.7 Å². The molecule has 3 N–H and O–H groups in total. The van der Waals surface area contributed by atoms with Gasteiger partial charge in [0.25, 0.3) is 0 Å². The number of carbonyl (C=O) groups excluding carboxylic acids is 1. The molecule has 10 heteroatoms. The zero-order valence-electron chi connectivity index (χ0n) is 15.6. The van der Waals surface area contributed by atoms with Crippen molar-refractivity contribution in [2.75, 3.05) is 0 Å². The molecule has 0 spiro atoms. The Labute approximate surface area is 167 Å². The second-order valence-corrected chi connectivity index (χ2v) is 9.17. The summed E-state index contributed by atoms with van der Waals surface area (Å²) < 4.78 is 30.4. The van der Waals surface area contributed by atoms with Crippen LogP contribution in [0.4, 0.5) is 0 Å². The molecular weight excluding hydrogens is 400 g/mol. The van der Waals surface area contributed by atoms with Gasteiger partial charge in [-0.15, -0.1) is 0 Å². The van der Waals surface area contributed by atoms with Crippen LogP contribution >= 0.6 is 11.8 Å². The number of carbonyl (C=O) groups is 1. The summed E-state index contributed by atoms with van der Waals surface area (Å²) in [5.74, 6) is 0.543. The van der Waals surface area contributed by atoms with Gasteiger partial charge in [-0.1, -0.05) is 18.7 Å². The lowest BCUT2D eigenvalue weighted by Gasteiger charge is -2.12. The number of primary sulfonamides is 1. The van der Waals surface area contributed by atoms with Crippen molar-refractivity contribution in [3.8, 4) is 0 Å². The van der Waals surface area contributed by atoms with Gasteiger partial charge in [0, 0.05) is 6.54 Å². The van der Waals surface area contributed by atoms with E-state index in [1.165, 1.54) is 23.9 Å². The average Bonchev–Trinajstić information content (AvgIpc) is 3.27. The highest BCUT2D eigenvalue weighted by Crippen LogP contribution is 2.29. The highest BCUT2D eigenvalue weighted by molar-refractivity contribution is 8.00. The van der Waals surface area contributed by atoms with Gasteiger partial charge < -0.3 is 14.3 Å². The monoisotopic (exact) mass is 422 g/mol. The number of benzene rings is 1. The third kappa shape index (κ3) is 4.57. The Kier molecular flexibility index (Phi) is 6.11. The Morgan fingerprint density at radius 1 is 1.39 bits per heavy atom. The first-order valence-corrected chi connectivity index (χ1v) is 11.2. The summed E-state index contributed by atoms with van der Waals surface area (Å²) >= 11 is 1.32. The Bertz CT molecular complexity index is 1070. The van der Waals surface area contributed by atoms with E-state index in [1.54, 1.807) is 31.4 Å². The van der Waals surface area contributed by atoms with E-state index in [2.05, 4.69) is 10.3 Å². The molecule has 1 unspecified atom stereocenters. The highest BCUT2D eigenvalue weighted by atomic mass is 32.2. The molecule has 3 rings (SSSR count). The predicted octanol–water partition coefficient (Wildman–Crippen LogP) is 2.48. The minimum atomic E-state index is -3.80. The van der Waals surface area contributed by atoms with Gasteiger partial charge in [-0.25, -0.2) is 18.5 Å². The molecule has 3 aromatic rings. The van der Waals surface area contributed by atoms with E-state index < -0.39 is 10.0 Å². The molecule has 1 aromatic carbocycles. The van der Waals surface area contributed by atoms with Gasteiger partial charge >= 0.3 is 0 Å². The summed E-state index contributed by atoms with van der Waals surface area (Å²) in [5, 5.41) is 8.32. The molecule has 0 bridgehead atoms. The van der Waals surface area contributed by atoms with Crippen molar-refractivity contribution in [1.29, 1.82) is 0 Å². The van der Waals surface area contributed by atoms with Crippen LogP contribution in [0.25, 0.3) is 11.0 Å². The Hall–Kier alpha value is -2.30. The number of rotatable bonds is 8. The van der Waals surface area contributed by atoms with E-state index in [-0.39, 0.29) is 16.1 Å². The molecule has 0 aliphatic heterocycles. The largest absolute Gasteiger partial charge is 0.467 e. The van der Waals surface area contributed by atoms with Gasteiger partial charge in [0.05, 0.1) is 34.0 Å². The molecule has 2 aromatic heterocycles. The summed E-state index contributed by atoms with van der Waals surface area (Å²) in [6, 6.07) is 8.19. The number of fused-ring (bicyclic) bond motifs is 1. The first kappa shape index (κ1) is 20.4. The molecule has 150 valence electrons. The van der Waals surface area contributed by atoms with Crippen molar-refractivity contribution in [3.05, 3.63) is 42.4 Å². The lowest BCUT2D eigenvalue weighted by molar-refractivity contribution is -0.120. The van der Waals surface area contributed by atoms with E-state index in [0.717, 1.165) is 11.9 Å². The maximum absolute atomic E-state index is 12.4. The number of nitrogens with one attached hydrogen (secondary N) is 1. The van der Waals surface area contributed by atoms with Crippen molar-refractivity contribution in [1.82, 2.24) is 14.9 Å². The number of thioether (sulfide) groups is 1. The Morgan fingerprint density at radius 2 is 2.18 bits per heavy atom. The Balaban J connectivity index is 1.82. The van der Waals surface area contributed by atoms with Crippen molar-refractivity contribution in [3.63, 3.8) is 0 Å². The third-order valence-corrected chi connectivity index (χ3v) is 6.13. The molecule has 0 aliphatic rings. The van der Waals surface area contributed by atoms with Gasteiger partial charge in [0.2, 0.25) is 15.9 Å². The van der Waals surface area contributed by atoms with E-state index in [0.29, 0.717) is 29.5 Å². The van der Waals surface area contributed by atoms with Crippen LogP contribution in [-0.2, 0) is 27.9 Å². The number of hydrogen-bond acceptors (Lipinski definition) is 6. The molecule has 1 amide bonds. The van der Waals surface area contributed by atoms with E-state index in [4.69, 9.17) is 9.56 Å². The number of aryl methyl sites for hydroxylation is 1. The quantitative estimate of drug-likeness (QED) is 0.538. The molecule has 0 aliphatic carbocycles. The highest BCUT2D eigenvalue weighted by Gasteiger charge is 2.20. The van der Waals surface area contributed by atoms with E-state index >= 15 is 0 Å². The van der Waals surface area contributed by atoms with Crippen LogP contribution in [0.1, 0.15) is 26.0 Å². The maximum atomic E-state index is 12.4. The van der Waals surface area contributed by atoms with Crippen LogP contribution in [-0.4, -0.2) is 29.1 Å². The van der Waals surface area contributed by atoms with Gasteiger partial charge in [0.15, 0.2) is 5.16 Å². The molecule has 8 nitrogen and oxygen atoms in total. The zero-order valence-corrected chi connectivity index (χ0v) is 17.2. The molecule has 0 radical (unpaired) electrons. The smallest absolute Gasteiger partial charge is 0.238 e. The normalized spacial score (nSPS) is 13.0. The van der Waals surface area contributed by atoms with Gasteiger partial charge in [-0.3, -0.25) is 4.79 Å². The summed E-state index contributed by atoms with van der Waals surface area (Å²) in [4.78, 5) is 17.0. The maximum Gasteiger partial charge on any atom is 0.238 e. The number of nitrogens with two attached hydrogens (primary N) is 1. The van der Waals surface area contributed by atoms with Crippen LogP contribution in [0.2, 0.25) is 0 Å². The predicted molar refractivity (Wildman–Crippen MR) is 107 cm³/mol. The van der Waals surface area contributed by atoms with Crippen LogP contribution in [0.3, 0.4) is 0 Å². The summed E-state index contributed by atoms with van der Waals surface area (Å²) in [6.07, 6.45) is 2.43. The summed E-state index contributed by atoms with van der Waals surface area (Å²) in [7, 11) is -3.80. The molecule has 0 saturated carbocycles. The molecule has 0 saturated heterocycles. The molecule has 28 heavy (non-hydrogen) atoms. The standard InChI is InChI=1S/C18H22N4O4S2/c1-3-8-22-16-7-6-14(28(19,24)25)10-15(16)21-18(22)27-12(2)17(23)20-11-13-5-4-9-26-13/h4-7,9-10,12H,3,8,11H2,1-2H3,(H,20,23)(H2,19,24,25). The number of hydrogen-bond donors (Lipinski definition) is 2. The second-order valence-electron chi connectivity index (χ2n) is 6.30. The first-order valence-electron chi connectivity index (χ1n) is 8.79. The van der Waals surface area contributed by atoms with Crippen LogP contribution in [0.5, 0.6) is 0 Å². The van der Waals surface area contributed by atoms with E-state index in [1.807, 2.05) is 11.5 Å². The minimum Gasteiger partial charge on any atom is -0.467 e. The van der Waals surface area contributed by atoms with Crippen molar-refractivity contribution in [2.45, 2.75) is 48.7 Å². The lowest BCUT2D eigenvalue weighted by atomic mass is 10.3. The number of amides is 1. The van der Waals surface area contributed by atoms with Crippen LogP contribution < -0.4 is 10.5 Å². The van der Waals surface area contributed by atoms with Crippen LogP contribution in [0.15, 0.2) is 51.1 Å². The van der Waals surface area contributed by atoms with Crippen molar-refractivity contribution in [2.24, 2.45) is 5.14 Å². The lowest BCUT2D eigenvalue weighted by Crippen LogP contribution is -2.30. The SMILES string of the molecule is CCCn1c(SC(C)C(=O)NCc2ccco2)nc2cc(S(N)(=O)=O)ccc21. The first-order chi connectivity index (χ1) is 13.3. The van der Waals surface area contributed by atoms with Gasteiger partial charge in [-0.05, 0) is 43.7 Å². The van der Waals surface area contributed by atoms with Gasteiger partial charge in [-0.2, -0.15) is 0 Å². The fourth-order valence-electron chi connectivity index (χ4n) is 2.74. The summed E-state index contributed by atoms with van der Waals surface area (Å²) in [6.45, 7) is 4.86. The average molecular weight is 423 g/mol. The number of aromatic nitrogens is 2. The minimum absolute atomic E-state index is 0.0157.